The smallest absolute Gasteiger partial charge is 0.394 e. The number of aliphatic hydroxyl groups is 1. The molecule has 0 saturated heterocycles. The molecule has 0 aliphatic carbocycles. The summed E-state index contributed by atoms with van der Waals surface area (Å²) in [6, 6.07) is 0. The van der Waals surface area contributed by atoms with E-state index in [4.69, 9.17) is 10.2 Å². The van der Waals surface area contributed by atoms with Crippen molar-refractivity contribution in [3.8, 4) is 0 Å². The lowest BCUT2D eigenvalue weighted by Crippen LogP contribution is -1.97. The summed E-state index contributed by atoms with van der Waals surface area (Å²) in [5, 5.41) is 20.2. The number of carboxylic acid groups (broad SMARTS) is 1. The number of carboxylic acids is 1. The third kappa shape index (κ3) is 2.03. The van der Waals surface area contributed by atoms with Gasteiger partial charge in [-0.05, 0) is 6.42 Å². The third-order valence-electron chi connectivity index (χ3n) is 1.21. The first-order valence-corrected chi connectivity index (χ1v) is 3.41. The average molecular weight is 172 g/mol. The second-order valence-electron chi connectivity index (χ2n) is 2.15. The van der Waals surface area contributed by atoms with Crippen molar-refractivity contribution in [1.82, 2.24) is 10.1 Å². The minimum absolute atomic E-state index is 0.0247. The van der Waals surface area contributed by atoms with E-state index in [1.165, 1.54) is 0 Å². The van der Waals surface area contributed by atoms with Crippen LogP contribution >= 0.6 is 0 Å². The van der Waals surface area contributed by atoms with Crippen molar-refractivity contribution in [2.24, 2.45) is 0 Å². The number of aromatic nitrogens is 2. The molecule has 0 fully saturated rings. The fourth-order valence-corrected chi connectivity index (χ4v) is 0.680. The summed E-state index contributed by atoms with van der Waals surface area (Å²) in [5.74, 6) is -1.35. The topological polar surface area (TPSA) is 96.5 Å². The first kappa shape index (κ1) is 8.66. The fourth-order valence-electron chi connectivity index (χ4n) is 0.680. The summed E-state index contributed by atoms with van der Waals surface area (Å²) in [4.78, 5) is 13.8. The highest BCUT2D eigenvalue weighted by Gasteiger charge is 2.12. The van der Waals surface area contributed by atoms with Gasteiger partial charge < -0.3 is 14.7 Å². The Balaban J connectivity index is 2.58. The number of aryl methyl sites for hydroxylation is 1. The zero-order valence-corrected chi connectivity index (χ0v) is 6.23. The quantitative estimate of drug-likeness (QED) is 0.646. The van der Waals surface area contributed by atoms with E-state index in [-0.39, 0.29) is 6.61 Å². The molecule has 1 aromatic rings. The van der Waals surface area contributed by atoms with Crippen LogP contribution in [0.1, 0.15) is 22.9 Å². The fraction of sp³-hybridized carbons (Fsp3) is 0.500. The highest BCUT2D eigenvalue weighted by molar-refractivity contribution is 5.81. The van der Waals surface area contributed by atoms with Gasteiger partial charge in [-0.25, -0.2) is 4.79 Å². The Kier molecular flexibility index (Phi) is 2.76. The summed E-state index contributed by atoms with van der Waals surface area (Å²) in [5.41, 5.74) is 0. The number of hydrogen-bond donors (Lipinski definition) is 2. The van der Waals surface area contributed by atoms with Crippen LogP contribution in [-0.2, 0) is 6.42 Å². The maximum Gasteiger partial charge on any atom is 0.394 e. The van der Waals surface area contributed by atoms with E-state index in [1.54, 1.807) is 0 Å². The van der Waals surface area contributed by atoms with Crippen molar-refractivity contribution in [3.05, 3.63) is 11.7 Å². The predicted molar refractivity (Wildman–Crippen MR) is 36.7 cm³/mol. The molecule has 2 N–H and O–H groups in total. The van der Waals surface area contributed by atoms with Crippen molar-refractivity contribution < 1.29 is 19.5 Å². The number of carbonyl (C=O) groups is 1. The Bertz CT molecular complexity index is 270. The van der Waals surface area contributed by atoms with E-state index in [2.05, 4.69) is 14.7 Å². The second kappa shape index (κ2) is 3.82. The Labute approximate surface area is 67.8 Å². The van der Waals surface area contributed by atoms with Crippen molar-refractivity contribution >= 4 is 5.97 Å². The van der Waals surface area contributed by atoms with Gasteiger partial charge in [-0.2, -0.15) is 4.98 Å². The zero-order chi connectivity index (χ0) is 8.97. The number of aliphatic hydroxyl groups excluding tert-OH is 1. The van der Waals surface area contributed by atoms with Gasteiger partial charge in [-0.3, -0.25) is 0 Å². The van der Waals surface area contributed by atoms with Gasteiger partial charge in [0.1, 0.15) is 0 Å². The van der Waals surface area contributed by atoms with E-state index in [0.29, 0.717) is 18.7 Å². The first-order chi connectivity index (χ1) is 5.74. The minimum Gasteiger partial charge on any atom is -0.474 e. The Morgan fingerprint density at radius 3 is 2.83 bits per heavy atom. The van der Waals surface area contributed by atoms with Gasteiger partial charge in [0, 0.05) is 13.0 Å². The molecule has 66 valence electrons. The molecule has 1 aromatic heterocycles. The van der Waals surface area contributed by atoms with E-state index < -0.39 is 11.9 Å². The van der Waals surface area contributed by atoms with Gasteiger partial charge in [0.25, 0.3) is 0 Å². The molecular formula is C6H8N2O4. The van der Waals surface area contributed by atoms with Crippen molar-refractivity contribution in [3.63, 3.8) is 0 Å². The van der Waals surface area contributed by atoms with Gasteiger partial charge >= 0.3 is 11.9 Å². The summed E-state index contributed by atoms with van der Waals surface area (Å²) in [6.45, 7) is 0.0247. The number of nitrogens with zero attached hydrogens (tertiary/aromatic N) is 2. The number of hydrogen-bond acceptors (Lipinski definition) is 5. The van der Waals surface area contributed by atoms with Crippen LogP contribution < -0.4 is 0 Å². The van der Waals surface area contributed by atoms with Crippen molar-refractivity contribution in [1.29, 1.82) is 0 Å². The van der Waals surface area contributed by atoms with Crippen LogP contribution in [0.3, 0.4) is 0 Å². The summed E-state index contributed by atoms with van der Waals surface area (Å²) >= 11 is 0. The Morgan fingerprint density at radius 1 is 1.58 bits per heavy atom. The van der Waals surface area contributed by atoms with Gasteiger partial charge in [0.2, 0.25) is 0 Å². The van der Waals surface area contributed by atoms with Crippen molar-refractivity contribution in [2.45, 2.75) is 12.8 Å². The molecule has 0 saturated carbocycles. The largest absolute Gasteiger partial charge is 0.474 e. The zero-order valence-electron chi connectivity index (χ0n) is 6.23. The highest BCUT2D eigenvalue weighted by atomic mass is 16.5. The molecule has 6 heteroatoms. The van der Waals surface area contributed by atoms with E-state index in [1.807, 2.05) is 0 Å². The van der Waals surface area contributed by atoms with E-state index >= 15 is 0 Å². The van der Waals surface area contributed by atoms with Crippen LogP contribution in [0.4, 0.5) is 0 Å². The molecule has 12 heavy (non-hydrogen) atoms. The van der Waals surface area contributed by atoms with Crippen LogP contribution in [0.2, 0.25) is 0 Å². The summed E-state index contributed by atoms with van der Waals surface area (Å²) in [6.07, 6.45) is 0.922. The molecule has 0 aliphatic rings. The molecule has 0 aliphatic heterocycles. The summed E-state index contributed by atoms with van der Waals surface area (Å²) < 4.78 is 4.38. The third-order valence-corrected chi connectivity index (χ3v) is 1.21. The number of aromatic carboxylic acids is 1. The molecular weight excluding hydrogens is 164 g/mol. The molecule has 0 unspecified atom stereocenters. The number of rotatable bonds is 4. The molecule has 6 nitrogen and oxygen atoms in total. The standard InChI is InChI=1S/C6H8N2O4/c9-3-1-2-4-7-5(6(10)11)12-8-4/h9H,1-3H2,(H,10,11). The molecule has 1 rings (SSSR count). The normalized spacial score (nSPS) is 10.1. The highest BCUT2D eigenvalue weighted by Crippen LogP contribution is 1.99. The molecule has 0 amide bonds. The van der Waals surface area contributed by atoms with Gasteiger partial charge in [-0.15, -0.1) is 0 Å². The maximum absolute atomic E-state index is 10.2. The molecule has 0 bridgehead atoms. The molecule has 0 aromatic carbocycles. The second-order valence-corrected chi connectivity index (χ2v) is 2.15. The molecule has 0 spiro atoms. The SMILES string of the molecule is O=C(O)c1nc(CCCO)no1. The van der Waals surface area contributed by atoms with Crippen molar-refractivity contribution in [2.75, 3.05) is 6.61 Å². The van der Waals surface area contributed by atoms with Gasteiger partial charge in [0.05, 0.1) is 0 Å². The van der Waals surface area contributed by atoms with Crippen LogP contribution in [0.15, 0.2) is 4.52 Å². The lowest BCUT2D eigenvalue weighted by Gasteiger charge is -1.86. The Hall–Kier alpha value is -1.43. The van der Waals surface area contributed by atoms with Crippen LogP contribution in [-0.4, -0.2) is 32.9 Å². The lowest BCUT2D eigenvalue weighted by molar-refractivity contribution is 0.0643. The van der Waals surface area contributed by atoms with Crippen LogP contribution in [0.5, 0.6) is 0 Å². The maximum atomic E-state index is 10.2. The first-order valence-electron chi connectivity index (χ1n) is 3.41. The van der Waals surface area contributed by atoms with Crippen LogP contribution in [0.25, 0.3) is 0 Å². The molecule has 0 atom stereocenters. The predicted octanol–water partition coefficient (Wildman–Crippen LogP) is -0.307. The average Bonchev–Trinajstić information content (AvgIpc) is 2.48. The summed E-state index contributed by atoms with van der Waals surface area (Å²) in [7, 11) is 0. The molecule has 0 radical (unpaired) electrons. The van der Waals surface area contributed by atoms with E-state index in [9.17, 15) is 4.79 Å². The minimum atomic E-state index is -1.24. The van der Waals surface area contributed by atoms with Gasteiger partial charge in [-0.1, -0.05) is 5.16 Å². The molecule has 1 heterocycles. The van der Waals surface area contributed by atoms with Crippen LogP contribution in [0, 0.1) is 0 Å². The monoisotopic (exact) mass is 172 g/mol. The van der Waals surface area contributed by atoms with E-state index in [0.717, 1.165) is 0 Å². The Morgan fingerprint density at radius 2 is 2.33 bits per heavy atom. The lowest BCUT2D eigenvalue weighted by atomic mass is 10.3. The van der Waals surface area contributed by atoms with Gasteiger partial charge in [0.15, 0.2) is 5.82 Å².